The minimum Gasteiger partial charge on any atom is -0.356 e. The second kappa shape index (κ2) is 7.47. The van der Waals surface area contributed by atoms with Crippen molar-refractivity contribution in [2.75, 3.05) is 24.6 Å². The highest BCUT2D eigenvalue weighted by Crippen LogP contribution is 2.18. The third-order valence-corrected chi connectivity index (χ3v) is 6.03. The van der Waals surface area contributed by atoms with Crippen LogP contribution >= 0.6 is 0 Å². The van der Waals surface area contributed by atoms with Crippen molar-refractivity contribution >= 4 is 15.8 Å². The minimum atomic E-state index is -2.79. The molecule has 1 aliphatic heterocycles. The standard InChI is InChI=1S/C15H29N3O2S/c1-12(2)9-16-15(18-14-5-3-4-6-14)17-10-13-7-8-21(19,20)11-13/h12-14H,3-11H2,1-2H3,(H2,16,17,18). The number of hydrogen-bond acceptors (Lipinski definition) is 3. The van der Waals surface area contributed by atoms with Crippen molar-refractivity contribution in [2.45, 2.75) is 52.0 Å². The summed E-state index contributed by atoms with van der Waals surface area (Å²) in [6, 6.07) is 0.524. The summed E-state index contributed by atoms with van der Waals surface area (Å²) in [6.07, 6.45) is 5.77. The van der Waals surface area contributed by atoms with Crippen LogP contribution in [-0.2, 0) is 9.84 Å². The SMILES string of the molecule is CC(C)CN=C(NCC1CCS(=O)(=O)C1)NC1CCCC1. The number of rotatable bonds is 5. The van der Waals surface area contributed by atoms with E-state index in [4.69, 9.17) is 0 Å². The molecule has 5 nitrogen and oxygen atoms in total. The van der Waals surface area contributed by atoms with Gasteiger partial charge in [-0.15, -0.1) is 0 Å². The minimum absolute atomic E-state index is 0.227. The Morgan fingerprint density at radius 3 is 2.52 bits per heavy atom. The van der Waals surface area contributed by atoms with E-state index in [1.54, 1.807) is 0 Å². The van der Waals surface area contributed by atoms with Crippen molar-refractivity contribution in [3.63, 3.8) is 0 Å². The first-order valence-corrected chi connectivity index (χ1v) is 10.0. The van der Waals surface area contributed by atoms with Crippen molar-refractivity contribution in [3.8, 4) is 0 Å². The van der Waals surface area contributed by atoms with Gasteiger partial charge >= 0.3 is 0 Å². The number of guanidine groups is 1. The van der Waals surface area contributed by atoms with Gasteiger partial charge in [-0.05, 0) is 31.1 Å². The summed E-state index contributed by atoms with van der Waals surface area (Å²) >= 11 is 0. The normalized spacial score (nSPS) is 26.4. The van der Waals surface area contributed by atoms with Gasteiger partial charge in [-0.3, -0.25) is 4.99 Å². The first-order chi connectivity index (χ1) is 9.94. The van der Waals surface area contributed by atoms with Crippen LogP contribution in [0.2, 0.25) is 0 Å². The molecule has 1 unspecified atom stereocenters. The van der Waals surface area contributed by atoms with E-state index in [1.165, 1.54) is 25.7 Å². The number of aliphatic imine (C=N–C) groups is 1. The molecule has 2 fully saturated rings. The zero-order chi connectivity index (χ0) is 15.3. The molecule has 0 spiro atoms. The third kappa shape index (κ3) is 5.85. The predicted octanol–water partition coefficient (Wildman–Crippen LogP) is 1.55. The van der Waals surface area contributed by atoms with Crippen LogP contribution in [0.3, 0.4) is 0 Å². The monoisotopic (exact) mass is 315 g/mol. The molecule has 0 aromatic carbocycles. The fourth-order valence-corrected chi connectivity index (χ4v) is 4.83. The van der Waals surface area contributed by atoms with Crippen molar-refractivity contribution in [3.05, 3.63) is 0 Å². The Balaban J connectivity index is 1.84. The lowest BCUT2D eigenvalue weighted by atomic mass is 10.1. The Labute approximate surface area is 128 Å². The molecule has 21 heavy (non-hydrogen) atoms. The first-order valence-electron chi connectivity index (χ1n) is 8.20. The lowest BCUT2D eigenvalue weighted by Gasteiger charge is -2.19. The van der Waals surface area contributed by atoms with E-state index in [9.17, 15) is 8.42 Å². The van der Waals surface area contributed by atoms with E-state index in [-0.39, 0.29) is 5.92 Å². The van der Waals surface area contributed by atoms with Crippen LogP contribution in [0.5, 0.6) is 0 Å². The summed E-state index contributed by atoms with van der Waals surface area (Å²) < 4.78 is 23.0. The maximum Gasteiger partial charge on any atom is 0.191 e. The van der Waals surface area contributed by atoms with E-state index >= 15 is 0 Å². The summed E-state index contributed by atoms with van der Waals surface area (Å²) in [5, 5.41) is 6.86. The largest absolute Gasteiger partial charge is 0.356 e. The van der Waals surface area contributed by atoms with Gasteiger partial charge in [0.05, 0.1) is 11.5 Å². The maximum atomic E-state index is 11.5. The molecular weight excluding hydrogens is 286 g/mol. The van der Waals surface area contributed by atoms with Crippen LogP contribution in [0.1, 0.15) is 46.0 Å². The first kappa shape index (κ1) is 16.6. The van der Waals surface area contributed by atoms with Crippen molar-refractivity contribution in [1.29, 1.82) is 0 Å². The quantitative estimate of drug-likeness (QED) is 0.596. The Hall–Kier alpha value is -0.780. The van der Waals surface area contributed by atoms with E-state index in [0.717, 1.165) is 18.9 Å². The van der Waals surface area contributed by atoms with Gasteiger partial charge in [0.15, 0.2) is 15.8 Å². The van der Waals surface area contributed by atoms with Gasteiger partial charge in [0.25, 0.3) is 0 Å². The Morgan fingerprint density at radius 1 is 1.24 bits per heavy atom. The molecular formula is C15H29N3O2S. The van der Waals surface area contributed by atoms with E-state index in [2.05, 4.69) is 29.5 Å². The van der Waals surface area contributed by atoms with Crippen LogP contribution < -0.4 is 10.6 Å². The average molecular weight is 315 g/mol. The van der Waals surface area contributed by atoms with Crippen LogP contribution in [0.4, 0.5) is 0 Å². The topological polar surface area (TPSA) is 70.6 Å². The second-order valence-electron chi connectivity index (χ2n) is 6.86. The van der Waals surface area contributed by atoms with Gasteiger partial charge in [-0.25, -0.2) is 8.42 Å². The van der Waals surface area contributed by atoms with Gasteiger partial charge in [-0.1, -0.05) is 26.7 Å². The summed E-state index contributed by atoms with van der Waals surface area (Å²) in [5.74, 6) is 2.28. The molecule has 1 atom stereocenters. The Morgan fingerprint density at radius 2 is 1.95 bits per heavy atom. The molecule has 0 aromatic heterocycles. The lowest BCUT2D eigenvalue weighted by molar-refractivity contribution is 0.550. The molecule has 2 N–H and O–H groups in total. The lowest BCUT2D eigenvalue weighted by Crippen LogP contribution is -2.44. The molecule has 1 saturated carbocycles. The van der Waals surface area contributed by atoms with E-state index in [0.29, 0.717) is 30.0 Å². The molecule has 122 valence electrons. The zero-order valence-electron chi connectivity index (χ0n) is 13.3. The molecule has 2 aliphatic rings. The predicted molar refractivity (Wildman–Crippen MR) is 87.3 cm³/mol. The zero-order valence-corrected chi connectivity index (χ0v) is 14.1. The molecule has 1 aliphatic carbocycles. The number of nitrogens with zero attached hydrogens (tertiary/aromatic N) is 1. The van der Waals surface area contributed by atoms with Gasteiger partial charge in [0.2, 0.25) is 0 Å². The molecule has 6 heteroatoms. The van der Waals surface area contributed by atoms with Gasteiger partial charge < -0.3 is 10.6 Å². The van der Waals surface area contributed by atoms with Gasteiger partial charge in [-0.2, -0.15) is 0 Å². The van der Waals surface area contributed by atoms with Gasteiger partial charge in [0.1, 0.15) is 0 Å². The molecule has 0 bridgehead atoms. The molecule has 0 amide bonds. The van der Waals surface area contributed by atoms with Crippen molar-refractivity contribution in [1.82, 2.24) is 10.6 Å². The average Bonchev–Trinajstić information content (AvgIpc) is 3.02. The maximum absolute atomic E-state index is 11.5. The fraction of sp³-hybridized carbons (Fsp3) is 0.933. The van der Waals surface area contributed by atoms with Crippen LogP contribution in [0.15, 0.2) is 4.99 Å². The number of nitrogens with one attached hydrogen (secondary N) is 2. The van der Waals surface area contributed by atoms with Crippen LogP contribution in [-0.4, -0.2) is 45.0 Å². The molecule has 0 aromatic rings. The highest BCUT2D eigenvalue weighted by Gasteiger charge is 2.28. The van der Waals surface area contributed by atoms with Gasteiger partial charge in [0, 0.05) is 19.1 Å². The summed E-state index contributed by atoms with van der Waals surface area (Å²) in [7, 11) is -2.79. The third-order valence-electron chi connectivity index (χ3n) is 4.20. The molecule has 2 rings (SSSR count). The van der Waals surface area contributed by atoms with Crippen LogP contribution in [0.25, 0.3) is 0 Å². The molecule has 0 radical (unpaired) electrons. The fourth-order valence-electron chi connectivity index (χ4n) is 2.96. The molecule has 1 heterocycles. The van der Waals surface area contributed by atoms with Crippen molar-refractivity contribution in [2.24, 2.45) is 16.8 Å². The highest BCUT2D eigenvalue weighted by atomic mass is 32.2. The second-order valence-corrected chi connectivity index (χ2v) is 9.09. The Bertz CT molecular complexity index is 454. The van der Waals surface area contributed by atoms with Crippen LogP contribution in [0, 0.1) is 11.8 Å². The van der Waals surface area contributed by atoms with E-state index in [1.807, 2.05) is 0 Å². The Kier molecular flexibility index (Phi) is 5.90. The summed E-state index contributed by atoms with van der Waals surface area (Å²) in [5.41, 5.74) is 0. The van der Waals surface area contributed by atoms with E-state index < -0.39 is 9.84 Å². The summed E-state index contributed by atoms with van der Waals surface area (Å²) in [4.78, 5) is 4.63. The molecule has 1 saturated heterocycles. The highest BCUT2D eigenvalue weighted by molar-refractivity contribution is 7.91. The number of hydrogen-bond donors (Lipinski definition) is 2. The summed E-state index contributed by atoms with van der Waals surface area (Å²) in [6.45, 7) is 5.81. The number of sulfone groups is 1. The van der Waals surface area contributed by atoms with Crippen molar-refractivity contribution < 1.29 is 8.42 Å². The smallest absolute Gasteiger partial charge is 0.191 e.